The third kappa shape index (κ3) is 2.85. The van der Waals surface area contributed by atoms with Gasteiger partial charge in [0.1, 0.15) is 5.56 Å². The summed E-state index contributed by atoms with van der Waals surface area (Å²) in [5, 5.41) is 9.04. The number of hydrogen-bond acceptors (Lipinski definition) is 3. The Morgan fingerprint density at radius 2 is 2.05 bits per heavy atom. The molecule has 0 radical (unpaired) electrons. The Hall–Kier alpha value is -2.08. The summed E-state index contributed by atoms with van der Waals surface area (Å²) in [4.78, 5) is 11.1. The highest BCUT2D eigenvalue weighted by atomic mass is 79.9. The molecule has 0 spiro atoms. The van der Waals surface area contributed by atoms with Gasteiger partial charge in [-0.3, -0.25) is 0 Å². The largest absolute Gasteiger partial charge is 0.478 e. The third-order valence-electron chi connectivity index (χ3n) is 2.38. The van der Waals surface area contributed by atoms with E-state index in [0.29, 0.717) is 4.47 Å². The molecule has 0 aliphatic heterocycles. The van der Waals surface area contributed by atoms with E-state index in [1.54, 1.807) is 6.07 Å². The van der Waals surface area contributed by atoms with Gasteiger partial charge in [-0.2, -0.15) is 0 Å². The molecule has 0 atom stereocenters. The molecule has 4 nitrogen and oxygen atoms in total. The molecule has 0 aliphatic rings. The Balaban J connectivity index is 2.46. The number of rotatable bonds is 3. The molecule has 2 aromatic carbocycles. The van der Waals surface area contributed by atoms with Crippen molar-refractivity contribution in [3.05, 3.63) is 52.3 Å². The number of carboxylic acids is 1. The number of para-hydroxylation sites is 1. The number of ether oxygens (including phenoxy) is 1. The summed E-state index contributed by atoms with van der Waals surface area (Å²) in [6.07, 6.45) is 0. The minimum atomic E-state index is -1.19. The summed E-state index contributed by atoms with van der Waals surface area (Å²) in [5.74, 6) is -1.98. The van der Waals surface area contributed by atoms with Crippen LogP contribution in [0.15, 0.2) is 40.9 Å². The number of nitrogens with two attached hydrogens (primary N) is 1. The molecule has 2 aromatic rings. The van der Waals surface area contributed by atoms with E-state index in [4.69, 9.17) is 15.6 Å². The van der Waals surface area contributed by atoms with Gasteiger partial charge in [0.2, 0.25) is 0 Å². The number of halogens is 2. The van der Waals surface area contributed by atoms with E-state index in [1.807, 2.05) is 0 Å². The lowest BCUT2D eigenvalue weighted by atomic mass is 10.1. The fourth-order valence-electron chi connectivity index (χ4n) is 1.51. The predicted octanol–water partition coefficient (Wildman–Crippen LogP) is 3.66. The van der Waals surface area contributed by atoms with Crippen LogP contribution >= 0.6 is 15.9 Å². The molecular weight excluding hydrogens is 317 g/mol. The van der Waals surface area contributed by atoms with Crippen LogP contribution in [0.2, 0.25) is 0 Å². The number of aromatic carboxylic acids is 1. The van der Waals surface area contributed by atoms with E-state index in [-0.39, 0.29) is 22.7 Å². The van der Waals surface area contributed by atoms with Crippen molar-refractivity contribution >= 4 is 27.6 Å². The number of benzene rings is 2. The van der Waals surface area contributed by atoms with Crippen LogP contribution in [-0.2, 0) is 0 Å². The third-order valence-corrected chi connectivity index (χ3v) is 2.88. The van der Waals surface area contributed by atoms with E-state index in [1.165, 1.54) is 30.3 Å². The summed E-state index contributed by atoms with van der Waals surface area (Å²) in [7, 11) is 0. The molecule has 6 heteroatoms. The molecule has 19 heavy (non-hydrogen) atoms. The highest BCUT2D eigenvalue weighted by Crippen LogP contribution is 2.33. The minimum absolute atomic E-state index is 0.0729. The molecule has 0 bridgehead atoms. The zero-order valence-corrected chi connectivity index (χ0v) is 11.1. The molecule has 0 saturated heterocycles. The quantitative estimate of drug-likeness (QED) is 0.844. The van der Waals surface area contributed by atoms with Crippen molar-refractivity contribution < 1.29 is 19.0 Å². The van der Waals surface area contributed by atoms with Crippen molar-refractivity contribution in [2.24, 2.45) is 0 Å². The fraction of sp³-hybridized carbons (Fsp3) is 0. The Morgan fingerprint density at radius 1 is 1.32 bits per heavy atom. The monoisotopic (exact) mass is 325 g/mol. The van der Waals surface area contributed by atoms with Crippen LogP contribution < -0.4 is 10.5 Å². The lowest BCUT2D eigenvalue weighted by molar-refractivity contribution is 0.0694. The Bertz CT molecular complexity index is 646. The molecule has 0 fully saturated rings. The minimum Gasteiger partial charge on any atom is -0.478 e. The second-order valence-electron chi connectivity index (χ2n) is 3.71. The molecule has 0 heterocycles. The average molecular weight is 326 g/mol. The van der Waals surface area contributed by atoms with E-state index in [2.05, 4.69) is 15.9 Å². The topological polar surface area (TPSA) is 72.6 Å². The van der Waals surface area contributed by atoms with E-state index in [9.17, 15) is 9.18 Å². The smallest absolute Gasteiger partial charge is 0.339 e. The second-order valence-corrected chi connectivity index (χ2v) is 4.62. The van der Waals surface area contributed by atoms with Gasteiger partial charge in [0.25, 0.3) is 0 Å². The van der Waals surface area contributed by atoms with Gasteiger partial charge in [-0.05, 0) is 30.3 Å². The summed E-state index contributed by atoms with van der Waals surface area (Å²) in [6.45, 7) is 0. The Morgan fingerprint density at radius 3 is 2.68 bits per heavy atom. The van der Waals surface area contributed by atoms with Crippen LogP contribution in [0.1, 0.15) is 10.4 Å². The van der Waals surface area contributed by atoms with Gasteiger partial charge in [-0.15, -0.1) is 0 Å². The molecule has 2 rings (SSSR count). The summed E-state index contributed by atoms with van der Waals surface area (Å²) in [5.41, 5.74) is 5.67. The van der Waals surface area contributed by atoms with E-state index in [0.717, 1.165) is 0 Å². The van der Waals surface area contributed by atoms with Crippen LogP contribution in [0.4, 0.5) is 10.1 Å². The summed E-state index contributed by atoms with van der Waals surface area (Å²) < 4.78 is 19.5. The number of hydrogen-bond donors (Lipinski definition) is 2. The van der Waals surface area contributed by atoms with Crippen LogP contribution in [0.5, 0.6) is 11.5 Å². The first-order chi connectivity index (χ1) is 8.99. The van der Waals surface area contributed by atoms with Gasteiger partial charge < -0.3 is 15.6 Å². The zero-order valence-electron chi connectivity index (χ0n) is 9.56. The lowest BCUT2D eigenvalue weighted by Crippen LogP contribution is -2.03. The molecule has 0 saturated carbocycles. The Kier molecular flexibility index (Phi) is 3.71. The zero-order chi connectivity index (χ0) is 14.0. The molecule has 0 aliphatic carbocycles. The number of carboxylic acid groups (broad SMARTS) is 1. The van der Waals surface area contributed by atoms with Crippen LogP contribution in [0.3, 0.4) is 0 Å². The maximum Gasteiger partial charge on any atom is 0.339 e. The van der Waals surface area contributed by atoms with Crippen molar-refractivity contribution in [3.8, 4) is 11.5 Å². The van der Waals surface area contributed by atoms with Crippen molar-refractivity contribution in [1.29, 1.82) is 0 Å². The van der Waals surface area contributed by atoms with Crippen LogP contribution in [-0.4, -0.2) is 11.1 Å². The maximum atomic E-state index is 13.7. The van der Waals surface area contributed by atoms with Gasteiger partial charge in [0.05, 0.1) is 5.69 Å². The normalized spacial score (nSPS) is 10.2. The molecular formula is C13H9BrFNO3. The standard InChI is InChI=1S/C13H9BrFNO3/c14-7-4-5-11(9(15)6-7)19-12-8(13(17)18)2-1-3-10(12)16/h1-6H,16H2,(H,17,18). The van der Waals surface area contributed by atoms with Crippen molar-refractivity contribution in [2.75, 3.05) is 5.73 Å². The predicted molar refractivity (Wildman–Crippen MR) is 72.0 cm³/mol. The highest BCUT2D eigenvalue weighted by molar-refractivity contribution is 9.10. The molecule has 0 unspecified atom stereocenters. The van der Waals surface area contributed by atoms with E-state index >= 15 is 0 Å². The SMILES string of the molecule is Nc1cccc(C(=O)O)c1Oc1ccc(Br)cc1F. The van der Waals surface area contributed by atoms with Crippen LogP contribution in [0, 0.1) is 5.82 Å². The van der Waals surface area contributed by atoms with Crippen molar-refractivity contribution in [1.82, 2.24) is 0 Å². The molecule has 3 N–H and O–H groups in total. The molecule has 0 amide bonds. The lowest BCUT2D eigenvalue weighted by Gasteiger charge is -2.11. The van der Waals surface area contributed by atoms with Gasteiger partial charge in [0.15, 0.2) is 17.3 Å². The van der Waals surface area contributed by atoms with Gasteiger partial charge >= 0.3 is 5.97 Å². The van der Waals surface area contributed by atoms with Gasteiger partial charge in [-0.1, -0.05) is 22.0 Å². The van der Waals surface area contributed by atoms with Crippen molar-refractivity contribution in [3.63, 3.8) is 0 Å². The van der Waals surface area contributed by atoms with E-state index < -0.39 is 11.8 Å². The van der Waals surface area contributed by atoms with Crippen LogP contribution in [0.25, 0.3) is 0 Å². The second kappa shape index (κ2) is 5.27. The summed E-state index contributed by atoms with van der Waals surface area (Å²) in [6, 6.07) is 8.50. The number of anilines is 1. The molecule has 98 valence electrons. The first-order valence-electron chi connectivity index (χ1n) is 5.23. The maximum absolute atomic E-state index is 13.7. The number of carbonyl (C=O) groups is 1. The molecule has 0 aromatic heterocycles. The first kappa shape index (κ1) is 13.4. The first-order valence-corrected chi connectivity index (χ1v) is 6.03. The Labute approximate surface area is 116 Å². The van der Waals surface area contributed by atoms with Gasteiger partial charge in [-0.25, -0.2) is 9.18 Å². The average Bonchev–Trinajstić information content (AvgIpc) is 2.34. The highest BCUT2D eigenvalue weighted by Gasteiger charge is 2.16. The summed E-state index contributed by atoms with van der Waals surface area (Å²) >= 11 is 3.12. The van der Waals surface area contributed by atoms with Crippen molar-refractivity contribution in [2.45, 2.75) is 0 Å². The fourth-order valence-corrected chi connectivity index (χ4v) is 1.84. The van der Waals surface area contributed by atoms with Gasteiger partial charge in [0, 0.05) is 4.47 Å². The number of nitrogen functional groups attached to an aromatic ring is 1.